The average Bonchev–Trinajstić information content (AvgIpc) is 3.15. The summed E-state index contributed by atoms with van der Waals surface area (Å²) in [6.45, 7) is 2.66. The van der Waals surface area contributed by atoms with Crippen LogP contribution in [0.4, 0.5) is 0 Å². The maximum atomic E-state index is 12.4. The largest absolute Gasteiger partial charge is 0.396 e. The molecule has 0 radical (unpaired) electrons. The number of amides is 1. The van der Waals surface area contributed by atoms with E-state index in [9.17, 15) is 9.90 Å². The summed E-state index contributed by atoms with van der Waals surface area (Å²) in [5.74, 6) is 0.100. The van der Waals surface area contributed by atoms with Crippen LogP contribution in [0.3, 0.4) is 0 Å². The van der Waals surface area contributed by atoms with Crippen LogP contribution in [-0.2, 0) is 4.79 Å². The van der Waals surface area contributed by atoms with Gasteiger partial charge in [0.15, 0.2) is 0 Å². The Morgan fingerprint density at radius 3 is 1.06 bits per heavy atom. The highest BCUT2D eigenvalue weighted by Crippen LogP contribution is 2.17. The van der Waals surface area contributed by atoms with Crippen molar-refractivity contribution in [3.05, 3.63) is 12.2 Å². The van der Waals surface area contributed by atoms with Gasteiger partial charge in [0.25, 0.3) is 0 Å². The molecule has 0 aliphatic heterocycles. The normalized spacial score (nSPS) is 12.3. The van der Waals surface area contributed by atoms with Crippen LogP contribution in [0.1, 0.15) is 270 Å². The number of hydrogen-bond donors (Lipinski definition) is 3. The van der Waals surface area contributed by atoms with Crippen molar-refractivity contribution < 1.29 is 15.0 Å². The van der Waals surface area contributed by atoms with Gasteiger partial charge < -0.3 is 15.5 Å². The lowest BCUT2D eigenvalue weighted by molar-refractivity contribution is -0.122. The molecule has 0 saturated carbocycles. The molecule has 310 valence electrons. The van der Waals surface area contributed by atoms with Crippen LogP contribution >= 0.6 is 0 Å². The van der Waals surface area contributed by atoms with Gasteiger partial charge in [-0.05, 0) is 32.1 Å². The average molecular weight is 734 g/mol. The molecular weight excluding hydrogens is 639 g/mol. The minimum absolute atomic E-state index is 0.0185. The van der Waals surface area contributed by atoms with E-state index in [0.29, 0.717) is 13.0 Å². The lowest BCUT2D eigenvalue weighted by atomic mass is 10.0. The van der Waals surface area contributed by atoms with Crippen molar-refractivity contribution in [3.8, 4) is 0 Å². The zero-order chi connectivity index (χ0) is 37.7. The number of aliphatic hydroxyl groups is 2. The molecule has 0 bridgehead atoms. The zero-order valence-corrected chi connectivity index (χ0v) is 35.4. The van der Waals surface area contributed by atoms with E-state index in [1.807, 2.05) is 0 Å². The quantitative estimate of drug-likeness (QED) is 0.0431. The van der Waals surface area contributed by atoms with Gasteiger partial charge in [-0.25, -0.2) is 0 Å². The van der Waals surface area contributed by atoms with E-state index < -0.39 is 0 Å². The Balaban J connectivity index is 3.34. The van der Waals surface area contributed by atoms with Crippen molar-refractivity contribution >= 4 is 5.91 Å². The van der Waals surface area contributed by atoms with Crippen molar-refractivity contribution in [1.82, 2.24) is 5.32 Å². The lowest BCUT2D eigenvalue weighted by Crippen LogP contribution is -2.36. The third-order valence-electron chi connectivity index (χ3n) is 11.2. The van der Waals surface area contributed by atoms with Gasteiger partial charge >= 0.3 is 0 Å². The van der Waals surface area contributed by atoms with E-state index in [0.717, 1.165) is 32.1 Å². The summed E-state index contributed by atoms with van der Waals surface area (Å²) >= 11 is 0. The minimum Gasteiger partial charge on any atom is -0.396 e. The van der Waals surface area contributed by atoms with Crippen LogP contribution in [0.5, 0.6) is 0 Å². The Bertz CT molecular complexity index is 695. The number of allylic oxidation sites excluding steroid dienone is 1. The second kappa shape index (κ2) is 46.3. The molecule has 0 fully saturated rings. The molecule has 0 heterocycles. The molecule has 4 heteroatoms. The number of carbonyl (C=O) groups is 1. The number of rotatable bonds is 45. The second-order valence-corrected chi connectivity index (χ2v) is 16.5. The molecule has 4 nitrogen and oxygen atoms in total. The molecule has 0 aliphatic carbocycles. The van der Waals surface area contributed by atoms with Crippen molar-refractivity contribution in [2.75, 3.05) is 13.2 Å². The summed E-state index contributed by atoms with van der Waals surface area (Å²) in [6, 6.07) is -0.143. The maximum absolute atomic E-state index is 12.4. The first-order chi connectivity index (χ1) is 25.7. The molecular formula is C48H95NO3. The minimum atomic E-state index is -0.143. The molecule has 0 spiro atoms. The highest BCUT2D eigenvalue weighted by molar-refractivity contribution is 5.76. The predicted molar refractivity (Wildman–Crippen MR) is 230 cm³/mol. The second-order valence-electron chi connectivity index (χ2n) is 16.5. The lowest BCUT2D eigenvalue weighted by Gasteiger charge is -2.14. The van der Waals surface area contributed by atoms with Crippen LogP contribution in [0.15, 0.2) is 12.2 Å². The fourth-order valence-corrected chi connectivity index (χ4v) is 7.60. The molecule has 0 aromatic heterocycles. The van der Waals surface area contributed by atoms with Crippen LogP contribution < -0.4 is 5.32 Å². The molecule has 0 aromatic carbocycles. The first kappa shape index (κ1) is 51.1. The predicted octanol–water partition coefficient (Wildman–Crippen LogP) is 15.0. The SMILES string of the molecule is CCCCCCCCCCCCC/C=C/C[C@H](CO)NC(=O)CCCCCCCCCCCCCCCCCCCCCCCCCCCCCO. The van der Waals surface area contributed by atoms with Crippen molar-refractivity contribution in [2.24, 2.45) is 0 Å². The topological polar surface area (TPSA) is 69.6 Å². The van der Waals surface area contributed by atoms with E-state index in [1.165, 1.54) is 225 Å². The summed E-state index contributed by atoms with van der Waals surface area (Å²) in [6.07, 6.45) is 58.5. The highest BCUT2D eigenvalue weighted by atomic mass is 16.3. The third-order valence-corrected chi connectivity index (χ3v) is 11.2. The first-order valence-corrected chi connectivity index (χ1v) is 23.9. The van der Waals surface area contributed by atoms with E-state index in [-0.39, 0.29) is 18.6 Å². The van der Waals surface area contributed by atoms with Gasteiger partial charge in [-0.15, -0.1) is 0 Å². The van der Waals surface area contributed by atoms with Gasteiger partial charge in [0, 0.05) is 13.0 Å². The van der Waals surface area contributed by atoms with Crippen molar-refractivity contribution in [1.29, 1.82) is 0 Å². The summed E-state index contributed by atoms with van der Waals surface area (Å²) < 4.78 is 0. The van der Waals surface area contributed by atoms with Crippen LogP contribution in [0, 0.1) is 0 Å². The van der Waals surface area contributed by atoms with E-state index in [1.54, 1.807) is 0 Å². The number of aliphatic hydroxyl groups excluding tert-OH is 2. The fraction of sp³-hybridized carbons (Fsp3) is 0.938. The Morgan fingerprint density at radius 1 is 0.423 bits per heavy atom. The molecule has 3 N–H and O–H groups in total. The molecule has 0 aromatic rings. The van der Waals surface area contributed by atoms with Gasteiger partial charge in [0.1, 0.15) is 0 Å². The van der Waals surface area contributed by atoms with E-state index >= 15 is 0 Å². The summed E-state index contributed by atoms with van der Waals surface area (Å²) in [4.78, 5) is 12.4. The molecule has 52 heavy (non-hydrogen) atoms. The Labute approximate surface area is 327 Å². The smallest absolute Gasteiger partial charge is 0.220 e. The zero-order valence-electron chi connectivity index (χ0n) is 35.4. The maximum Gasteiger partial charge on any atom is 0.220 e. The molecule has 0 rings (SSSR count). The van der Waals surface area contributed by atoms with Gasteiger partial charge in [-0.1, -0.05) is 244 Å². The van der Waals surface area contributed by atoms with Crippen LogP contribution in [0.2, 0.25) is 0 Å². The fourth-order valence-electron chi connectivity index (χ4n) is 7.60. The third kappa shape index (κ3) is 43.5. The molecule has 0 aliphatic rings. The Hall–Kier alpha value is -0.870. The molecule has 0 saturated heterocycles. The molecule has 1 atom stereocenters. The molecule has 1 amide bonds. The van der Waals surface area contributed by atoms with Crippen LogP contribution in [0.25, 0.3) is 0 Å². The van der Waals surface area contributed by atoms with Gasteiger partial charge in [-0.2, -0.15) is 0 Å². The standard InChI is InChI=1S/C48H95NO3/c1-2-3-4-5-6-7-8-9-25-28-31-34-37-40-43-47(46-51)49-48(52)44-41-38-35-32-29-26-23-21-19-17-15-13-11-10-12-14-16-18-20-22-24-27-30-33-36-39-42-45-50/h37,40,47,50-51H,2-36,38-39,41-46H2,1H3,(H,49,52)/b40-37+/t47-/m1/s1. The summed E-state index contributed by atoms with van der Waals surface area (Å²) in [5, 5.41) is 21.6. The monoisotopic (exact) mass is 734 g/mol. The van der Waals surface area contributed by atoms with Gasteiger partial charge in [0.2, 0.25) is 5.91 Å². The van der Waals surface area contributed by atoms with Crippen molar-refractivity contribution in [3.63, 3.8) is 0 Å². The van der Waals surface area contributed by atoms with Crippen LogP contribution in [-0.4, -0.2) is 35.4 Å². The number of carbonyl (C=O) groups excluding carboxylic acids is 1. The van der Waals surface area contributed by atoms with E-state index in [4.69, 9.17) is 5.11 Å². The highest BCUT2D eigenvalue weighted by Gasteiger charge is 2.09. The Morgan fingerprint density at radius 2 is 0.731 bits per heavy atom. The Kier molecular flexibility index (Phi) is 45.5. The number of hydrogen-bond acceptors (Lipinski definition) is 3. The van der Waals surface area contributed by atoms with Crippen molar-refractivity contribution in [2.45, 2.75) is 276 Å². The van der Waals surface area contributed by atoms with Gasteiger partial charge in [0.05, 0.1) is 12.6 Å². The summed E-state index contributed by atoms with van der Waals surface area (Å²) in [7, 11) is 0. The molecule has 0 unspecified atom stereocenters. The van der Waals surface area contributed by atoms with Gasteiger partial charge in [-0.3, -0.25) is 4.79 Å². The number of unbranched alkanes of at least 4 members (excludes halogenated alkanes) is 37. The first-order valence-electron chi connectivity index (χ1n) is 23.9. The summed E-state index contributed by atoms with van der Waals surface area (Å²) in [5.41, 5.74) is 0. The van der Waals surface area contributed by atoms with E-state index in [2.05, 4.69) is 24.4 Å². The number of nitrogens with one attached hydrogen (secondary N) is 1.